The van der Waals surface area contributed by atoms with Crippen molar-refractivity contribution in [3.8, 4) is 5.82 Å². The summed E-state index contributed by atoms with van der Waals surface area (Å²) in [4.78, 5) is 17.9. The van der Waals surface area contributed by atoms with E-state index in [1.54, 1.807) is 17.2 Å². The zero-order chi connectivity index (χ0) is 17.5. The quantitative estimate of drug-likeness (QED) is 0.685. The van der Waals surface area contributed by atoms with Gasteiger partial charge in [-0.3, -0.25) is 4.90 Å². The molecule has 2 aliphatic heterocycles. The minimum Gasteiger partial charge on any atom is -0.356 e. The van der Waals surface area contributed by atoms with E-state index >= 15 is 0 Å². The molecule has 3 aromatic rings. The Hall–Kier alpha value is -2.81. The summed E-state index contributed by atoms with van der Waals surface area (Å²) in [6.07, 6.45) is 5.26. The molecule has 26 heavy (non-hydrogen) atoms. The highest BCUT2D eigenvalue weighted by molar-refractivity contribution is 5.44. The van der Waals surface area contributed by atoms with Crippen molar-refractivity contribution in [1.82, 2.24) is 34.8 Å². The van der Waals surface area contributed by atoms with E-state index in [0.29, 0.717) is 23.6 Å². The zero-order valence-corrected chi connectivity index (χ0v) is 14.6. The van der Waals surface area contributed by atoms with Gasteiger partial charge < -0.3 is 9.42 Å². The zero-order valence-electron chi connectivity index (χ0n) is 14.6. The molecule has 0 spiro atoms. The lowest BCUT2D eigenvalue weighted by Gasteiger charge is -2.21. The van der Waals surface area contributed by atoms with Crippen LogP contribution in [0, 0.1) is 18.8 Å². The number of hydrogen-bond donors (Lipinski definition) is 0. The van der Waals surface area contributed by atoms with Crippen LogP contribution >= 0.6 is 0 Å². The summed E-state index contributed by atoms with van der Waals surface area (Å²) in [7, 11) is 0. The van der Waals surface area contributed by atoms with Gasteiger partial charge >= 0.3 is 0 Å². The van der Waals surface area contributed by atoms with Gasteiger partial charge in [0, 0.05) is 44.6 Å². The van der Waals surface area contributed by atoms with Crippen molar-refractivity contribution < 1.29 is 4.52 Å². The van der Waals surface area contributed by atoms with E-state index in [0.717, 1.165) is 44.4 Å². The van der Waals surface area contributed by atoms with Crippen molar-refractivity contribution in [2.75, 3.05) is 31.1 Å². The summed E-state index contributed by atoms with van der Waals surface area (Å²) in [5.74, 6) is 4.45. The van der Waals surface area contributed by atoms with Gasteiger partial charge in [-0.25, -0.2) is 14.6 Å². The highest BCUT2D eigenvalue weighted by Gasteiger charge is 2.40. The molecule has 0 amide bonds. The van der Waals surface area contributed by atoms with Crippen molar-refractivity contribution in [3.05, 3.63) is 42.6 Å². The van der Waals surface area contributed by atoms with Crippen molar-refractivity contribution in [3.63, 3.8) is 0 Å². The van der Waals surface area contributed by atoms with E-state index in [4.69, 9.17) is 4.52 Å². The fourth-order valence-electron chi connectivity index (χ4n) is 4.04. The summed E-state index contributed by atoms with van der Waals surface area (Å²) in [5.41, 5.74) is 0. The Labute approximate surface area is 150 Å². The van der Waals surface area contributed by atoms with Crippen molar-refractivity contribution >= 4 is 5.82 Å². The number of aromatic nitrogens is 6. The Balaban J connectivity index is 1.25. The smallest absolute Gasteiger partial charge is 0.240 e. The Morgan fingerprint density at radius 1 is 1.12 bits per heavy atom. The first-order valence-corrected chi connectivity index (χ1v) is 8.83. The van der Waals surface area contributed by atoms with Gasteiger partial charge in [-0.2, -0.15) is 10.1 Å². The molecule has 0 saturated carbocycles. The molecule has 9 heteroatoms. The van der Waals surface area contributed by atoms with Gasteiger partial charge in [-0.15, -0.1) is 0 Å². The molecule has 2 atom stereocenters. The third-order valence-corrected chi connectivity index (χ3v) is 5.19. The molecule has 5 rings (SSSR count). The van der Waals surface area contributed by atoms with Crippen LogP contribution in [-0.4, -0.2) is 61.0 Å². The van der Waals surface area contributed by atoms with Gasteiger partial charge in [0.2, 0.25) is 5.89 Å². The fourth-order valence-corrected chi connectivity index (χ4v) is 4.04. The van der Waals surface area contributed by atoms with E-state index in [-0.39, 0.29) is 0 Å². The van der Waals surface area contributed by atoms with Crippen LogP contribution in [0.4, 0.5) is 5.82 Å². The Bertz CT molecular complexity index is 878. The average Bonchev–Trinajstić information content (AvgIpc) is 3.39. The second-order valence-electron chi connectivity index (χ2n) is 7.04. The van der Waals surface area contributed by atoms with Gasteiger partial charge in [-0.05, 0) is 24.8 Å². The van der Waals surface area contributed by atoms with E-state index in [1.165, 1.54) is 0 Å². The van der Waals surface area contributed by atoms with Crippen LogP contribution in [0.5, 0.6) is 0 Å². The van der Waals surface area contributed by atoms with Gasteiger partial charge in [0.25, 0.3) is 0 Å². The fraction of sp³-hybridized carbons (Fsp3) is 0.471. The number of fused-ring (bicyclic) bond motifs is 1. The van der Waals surface area contributed by atoms with Crippen molar-refractivity contribution in [1.29, 1.82) is 0 Å². The lowest BCUT2D eigenvalue weighted by molar-refractivity contribution is 0.255. The molecule has 3 aromatic heterocycles. The summed E-state index contributed by atoms with van der Waals surface area (Å²) in [6.45, 7) is 6.73. The van der Waals surface area contributed by atoms with E-state index in [1.807, 2.05) is 25.3 Å². The van der Waals surface area contributed by atoms with E-state index in [9.17, 15) is 0 Å². The van der Waals surface area contributed by atoms with Crippen molar-refractivity contribution in [2.45, 2.75) is 13.5 Å². The minimum atomic E-state index is 0.641. The maximum atomic E-state index is 5.25. The maximum absolute atomic E-state index is 5.25. The highest BCUT2D eigenvalue weighted by Crippen LogP contribution is 2.34. The molecule has 2 fully saturated rings. The van der Waals surface area contributed by atoms with Crippen LogP contribution in [-0.2, 0) is 6.54 Å². The van der Waals surface area contributed by atoms with Crippen LogP contribution in [0.15, 0.2) is 35.4 Å². The number of anilines is 1. The molecular weight excluding hydrogens is 332 g/mol. The van der Waals surface area contributed by atoms with Crippen LogP contribution in [0.25, 0.3) is 5.82 Å². The molecular formula is C17H20N8O. The molecule has 0 aliphatic carbocycles. The molecule has 134 valence electrons. The van der Waals surface area contributed by atoms with Gasteiger partial charge in [-0.1, -0.05) is 5.16 Å². The lowest BCUT2D eigenvalue weighted by Crippen LogP contribution is -2.29. The molecule has 9 nitrogen and oxygen atoms in total. The number of nitrogens with zero attached hydrogens (tertiary/aromatic N) is 8. The Morgan fingerprint density at radius 3 is 2.62 bits per heavy atom. The first kappa shape index (κ1) is 15.4. The first-order valence-electron chi connectivity index (χ1n) is 8.83. The monoisotopic (exact) mass is 352 g/mol. The van der Waals surface area contributed by atoms with Crippen LogP contribution < -0.4 is 4.90 Å². The second kappa shape index (κ2) is 6.17. The first-order chi connectivity index (χ1) is 12.7. The lowest BCUT2D eigenvalue weighted by atomic mass is 10.0. The van der Waals surface area contributed by atoms with Gasteiger partial charge in [0.05, 0.1) is 6.54 Å². The van der Waals surface area contributed by atoms with Crippen molar-refractivity contribution in [2.24, 2.45) is 11.8 Å². The largest absolute Gasteiger partial charge is 0.356 e. The highest BCUT2D eigenvalue weighted by atomic mass is 16.5. The number of rotatable bonds is 4. The number of hydrogen-bond acceptors (Lipinski definition) is 8. The van der Waals surface area contributed by atoms with E-state index < -0.39 is 0 Å². The molecule has 0 aromatic carbocycles. The minimum absolute atomic E-state index is 0.641. The van der Waals surface area contributed by atoms with Gasteiger partial charge in [0.1, 0.15) is 12.1 Å². The molecule has 0 radical (unpaired) electrons. The molecule has 0 bridgehead atoms. The second-order valence-corrected chi connectivity index (χ2v) is 7.04. The SMILES string of the molecule is Cc1noc(CN2CC3CN(c4cc(-n5cccn5)ncn4)CC3C2)n1. The molecule has 2 saturated heterocycles. The Kier molecular flexibility index (Phi) is 3.66. The number of aryl methyl sites for hydroxylation is 1. The van der Waals surface area contributed by atoms with Crippen LogP contribution in [0.2, 0.25) is 0 Å². The third-order valence-electron chi connectivity index (χ3n) is 5.19. The van der Waals surface area contributed by atoms with Gasteiger partial charge in [0.15, 0.2) is 11.6 Å². The maximum Gasteiger partial charge on any atom is 0.240 e. The predicted octanol–water partition coefficient (Wildman–Crippen LogP) is 0.922. The third kappa shape index (κ3) is 2.84. The normalized spacial score (nSPS) is 22.9. The topological polar surface area (TPSA) is 89.0 Å². The summed E-state index contributed by atoms with van der Waals surface area (Å²) in [5, 5.41) is 8.11. The molecule has 5 heterocycles. The predicted molar refractivity (Wildman–Crippen MR) is 92.7 cm³/mol. The van der Waals surface area contributed by atoms with Crippen LogP contribution in [0.1, 0.15) is 11.7 Å². The molecule has 2 aliphatic rings. The summed E-state index contributed by atoms with van der Waals surface area (Å²) < 4.78 is 7.01. The van der Waals surface area contributed by atoms with Crippen LogP contribution in [0.3, 0.4) is 0 Å². The average molecular weight is 352 g/mol. The van der Waals surface area contributed by atoms with E-state index in [2.05, 4.69) is 35.0 Å². The molecule has 2 unspecified atom stereocenters. The standard InChI is InChI=1S/C17H20N8O/c1-12-21-17(26-22-12)10-23-6-13-8-24(9-14(13)7-23)15-5-16(19-11-18-15)25-4-2-3-20-25/h2-5,11,13-14H,6-10H2,1H3. The summed E-state index contributed by atoms with van der Waals surface area (Å²) in [6, 6.07) is 3.90. The number of likely N-dealkylation sites (tertiary alicyclic amines) is 1. The summed E-state index contributed by atoms with van der Waals surface area (Å²) >= 11 is 0. The Morgan fingerprint density at radius 2 is 1.92 bits per heavy atom. The molecule has 0 N–H and O–H groups in total.